The van der Waals surface area contributed by atoms with E-state index in [9.17, 15) is 9.59 Å². The summed E-state index contributed by atoms with van der Waals surface area (Å²) in [4.78, 5) is 24.3. The van der Waals surface area contributed by atoms with Gasteiger partial charge in [0.25, 0.3) is 0 Å². The average Bonchev–Trinajstić information content (AvgIpc) is 2.28. The van der Waals surface area contributed by atoms with Crippen LogP contribution in [0.25, 0.3) is 0 Å². The number of likely N-dealkylation sites (N-methyl/N-ethyl adjacent to an activating group) is 1. The van der Waals surface area contributed by atoms with Gasteiger partial charge in [0, 0.05) is 20.1 Å². The number of rotatable bonds is 8. The molecule has 6 nitrogen and oxygen atoms in total. The molecule has 0 saturated carbocycles. The number of nitrogens with one attached hydrogen (secondary N) is 1. The van der Waals surface area contributed by atoms with Crippen molar-refractivity contribution in [3.05, 3.63) is 0 Å². The summed E-state index contributed by atoms with van der Waals surface area (Å²) in [5.74, 6) is -0.362. The van der Waals surface area contributed by atoms with Crippen molar-refractivity contribution in [1.82, 2.24) is 10.2 Å². The van der Waals surface area contributed by atoms with E-state index in [1.165, 1.54) is 4.90 Å². The lowest BCUT2D eigenvalue weighted by Crippen LogP contribution is -2.41. The second-order valence-corrected chi connectivity index (χ2v) is 3.33. The predicted octanol–water partition coefficient (Wildman–Crippen LogP) is -1.05. The lowest BCUT2D eigenvalue weighted by Gasteiger charge is -2.20. The van der Waals surface area contributed by atoms with E-state index in [1.54, 1.807) is 7.05 Å². The molecular formula is C10H21N3O3. The number of nitrogens with two attached hydrogens (primary N) is 1. The third-order valence-corrected chi connectivity index (χ3v) is 1.95. The van der Waals surface area contributed by atoms with Crippen LogP contribution in [-0.2, 0) is 14.3 Å². The maximum absolute atomic E-state index is 11.6. The first-order chi connectivity index (χ1) is 7.65. The Hall–Kier alpha value is -1.14. The number of ether oxygens (including phenoxy) is 1. The maximum Gasteiger partial charge on any atom is 0.249 e. The molecule has 0 fully saturated rings. The molecule has 0 heterocycles. The van der Waals surface area contributed by atoms with Crippen molar-refractivity contribution in [2.24, 2.45) is 5.73 Å². The Morgan fingerprint density at radius 2 is 2.12 bits per heavy atom. The van der Waals surface area contributed by atoms with Gasteiger partial charge in [0.2, 0.25) is 11.8 Å². The van der Waals surface area contributed by atoms with E-state index in [0.29, 0.717) is 19.7 Å². The van der Waals surface area contributed by atoms with Crippen LogP contribution >= 0.6 is 0 Å². The van der Waals surface area contributed by atoms with Crippen LogP contribution in [0.2, 0.25) is 0 Å². The second-order valence-electron chi connectivity index (χ2n) is 3.33. The van der Waals surface area contributed by atoms with E-state index >= 15 is 0 Å². The molecule has 0 aliphatic heterocycles. The molecule has 0 aromatic heterocycles. The molecule has 94 valence electrons. The molecule has 0 atom stereocenters. The number of amides is 2. The SMILES string of the molecule is CCCN(CC(=O)NC)C(=O)COCCN. The quantitative estimate of drug-likeness (QED) is 0.522. The summed E-state index contributed by atoms with van der Waals surface area (Å²) in [6.45, 7) is 3.30. The van der Waals surface area contributed by atoms with Gasteiger partial charge in [-0.2, -0.15) is 0 Å². The molecule has 3 N–H and O–H groups in total. The first-order valence-corrected chi connectivity index (χ1v) is 5.41. The molecule has 0 aromatic rings. The van der Waals surface area contributed by atoms with Crippen molar-refractivity contribution >= 4 is 11.8 Å². The Morgan fingerprint density at radius 1 is 1.44 bits per heavy atom. The zero-order valence-corrected chi connectivity index (χ0v) is 9.99. The molecule has 0 rings (SSSR count). The van der Waals surface area contributed by atoms with Crippen LogP contribution in [0.5, 0.6) is 0 Å². The summed E-state index contributed by atoms with van der Waals surface area (Å²) in [5.41, 5.74) is 5.24. The van der Waals surface area contributed by atoms with Crippen LogP contribution in [0.4, 0.5) is 0 Å². The number of nitrogens with zero attached hydrogens (tertiary/aromatic N) is 1. The summed E-state index contributed by atoms with van der Waals surface area (Å²) in [6.07, 6.45) is 0.805. The van der Waals surface area contributed by atoms with Gasteiger partial charge in [-0.05, 0) is 6.42 Å². The van der Waals surface area contributed by atoms with Crippen LogP contribution in [0, 0.1) is 0 Å². The van der Waals surface area contributed by atoms with Gasteiger partial charge in [-0.15, -0.1) is 0 Å². The smallest absolute Gasteiger partial charge is 0.249 e. The molecule has 0 unspecified atom stereocenters. The largest absolute Gasteiger partial charge is 0.370 e. The van der Waals surface area contributed by atoms with Crippen molar-refractivity contribution in [2.75, 3.05) is 39.9 Å². The topological polar surface area (TPSA) is 84.7 Å². The molecule has 0 radical (unpaired) electrons. The summed E-state index contributed by atoms with van der Waals surface area (Å²) >= 11 is 0. The highest BCUT2D eigenvalue weighted by molar-refractivity contribution is 5.85. The first-order valence-electron chi connectivity index (χ1n) is 5.41. The van der Waals surface area contributed by atoms with E-state index in [4.69, 9.17) is 10.5 Å². The van der Waals surface area contributed by atoms with Gasteiger partial charge in [0.15, 0.2) is 0 Å². The first kappa shape index (κ1) is 14.9. The third-order valence-electron chi connectivity index (χ3n) is 1.95. The molecule has 0 aliphatic carbocycles. The number of carbonyl (C=O) groups excluding carboxylic acids is 2. The van der Waals surface area contributed by atoms with Crippen LogP contribution in [0.15, 0.2) is 0 Å². The van der Waals surface area contributed by atoms with Gasteiger partial charge in [0.05, 0.1) is 13.2 Å². The molecule has 0 aliphatic rings. The minimum absolute atomic E-state index is 0.0196. The van der Waals surface area contributed by atoms with Crippen LogP contribution in [-0.4, -0.2) is 56.6 Å². The Balaban J connectivity index is 4.07. The van der Waals surface area contributed by atoms with Crippen molar-refractivity contribution in [2.45, 2.75) is 13.3 Å². The lowest BCUT2D eigenvalue weighted by molar-refractivity contribution is -0.139. The molecule has 0 saturated heterocycles. The minimum Gasteiger partial charge on any atom is -0.370 e. The number of hydrogen-bond donors (Lipinski definition) is 2. The zero-order valence-electron chi connectivity index (χ0n) is 9.99. The Morgan fingerprint density at radius 3 is 2.62 bits per heavy atom. The van der Waals surface area contributed by atoms with Gasteiger partial charge < -0.3 is 20.7 Å². The standard InChI is InChI=1S/C10H21N3O3/c1-3-5-13(7-9(14)12-2)10(15)8-16-6-4-11/h3-8,11H2,1-2H3,(H,12,14). The van der Waals surface area contributed by atoms with E-state index in [1.807, 2.05) is 6.92 Å². The zero-order chi connectivity index (χ0) is 12.4. The highest BCUT2D eigenvalue weighted by Gasteiger charge is 2.15. The van der Waals surface area contributed by atoms with E-state index in [-0.39, 0.29) is 25.0 Å². The normalized spacial score (nSPS) is 9.94. The van der Waals surface area contributed by atoms with E-state index in [2.05, 4.69) is 5.32 Å². The lowest BCUT2D eigenvalue weighted by atomic mass is 10.3. The van der Waals surface area contributed by atoms with Gasteiger partial charge in [-0.25, -0.2) is 0 Å². The summed E-state index contributed by atoms with van der Waals surface area (Å²) in [7, 11) is 1.54. The Bertz CT molecular complexity index is 221. The Kier molecular flexibility index (Phi) is 8.46. The highest BCUT2D eigenvalue weighted by Crippen LogP contribution is 1.94. The van der Waals surface area contributed by atoms with Gasteiger partial charge in [0.1, 0.15) is 6.61 Å². The van der Waals surface area contributed by atoms with Crippen molar-refractivity contribution in [3.8, 4) is 0 Å². The summed E-state index contributed by atoms with van der Waals surface area (Å²) in [6, 6.07) is 0. The molecule has 6 heteroatoms. The van der Waals surface area contributed by atoms with Gasteiger partial charge in [-0.3, -0.25) is 9.59 Å². The number of carbonyl (C=O) groups is 2. The van der Waals surface area contributed by atoms with E-state index in [0.717, 1.165) is 6.42 Å². The Labute approximate surface area is 96.1 Å². The molecular weight excluding hydrogens is 210 g/mol. The second kappa shape index (κ2) is 9.11. The predicted molar refractivity (Wildman–Crippen MR) is 60.8 cm³/mol. The minimum atomic E-state index is -0.182. The molecule has 0 spiro atoms. The van der Waals surface area contributed by atoms with Crippen LogP contribution in [0.3, 0.4) is 0 Å². The monoisotopic (exact) mass is 231 g/mol. The third kappa shape index (κ3) is 6.36. The fraction of sp³-hybridized carbons (Fsp3) is 0.800. The fourth-order valence-electron chi connectivity index (χ4n) is 1.15. The van der Waals surface area contributed by atoms with Crippen LogP contribution in [0.1, 0.15) is 13.3 Å². The highest BCUT2D eigenvalue weighted by atomic mass is 16.5. The maximum atomic E-state index is 11.6. The summed E-state index contributed by atoms with van der Waals surface area (Å²) in [5, 5.41) is 2.48. The van der Waals surface area contributed by atoms with Crippen molar-refractivity contribution < 1.29 is 14.3 Å². The summed E-state index contributed by atoms with van der Waals surface area (Å²) < 4.78 is 5.04. The van der Waals surface area contributed by atoms with Crippen LogP contribution < -0.4 is 11.1 Å². The van der Waals surface area contributed by atoms with Crippen molar-refractivity contribution in [3.63, 3.8) is 0 Å². The molecule has 2 amide bonds. The van der Waals surface area contributed by atoms with Gasteiger partial charge in [-0.1, -0.05) is 6.92 Å². The molecule has 16 heavy (non-hydrogen) atoms. The van der Waals surface area contributed by atoms with Gasteiger partial charge >= 0.3 is 0 Å². The van der Waals surface area contributed by atoms with E-state index < -0.39 is 0 Å². The average molecular weight is 231 g/mol. The molecule has 0 aromatic carbocycles. The fourth-order valence-corrected chi connectivity index (χ4v) is 1.15. The van der Waals surface area contributed by atoms with Crippen molar-refractivity contribution in [1.29, 1.82) is 0 Å². The molecule has 0 bridgehead atoms. The number of hydrogen-bond acceptors (Lipinski definition) is 4.